The van der Waals surface area contributed by atoms with Crippen molar-refractivity contribution in [2.45, 2.75) is 39.2 Å². The number of rotatable bonds is 3. The van der Waals surface area contributed by atoms with Crippen LogP contribution in [0.5, 0.6) is 0 Å². The fraction of sp³-hybridized carbons (Fsp3) is 0.500. The Morgan fingerprint density at radius 1 is 1.50 bits per heavy atom. The average molecular weight is 217 g/mol. The van der Waals surface area contributed by atoms with E-state index < -0.39 is 0 Å². The maximum absolute atomic E-state index is 10.7. The van der Waals surface area contributed by atoms with E-state index in [1.54, 1.807) is 0 Å². The van der Waals surface area contributed by atoms with Crippen LogP contribution in [0.1, 0.15) is 37.8 Å². The van der Waals surface area contributed by atoms with E-state index in [1.165, 1.54) is 16.8 Å². The number of carbonyl (C=O) groups is 1. The van der Waals surface area contributed by atoms with Crippen molar-refractivity contribution in [1.82, 2.24) is 0 Å². The second-order valence-corrected chi connectivity index (χ2v) is 4.87. The first-order chi connectivity index (χ1) is 7.65. The minimum absolute atomic E-state index is 0.497. The summed E-state index contributed by atoms with van der Waals surface area (Å²) in [6.07, 6.45) is 1.52. The molecule has 0 radical (unpaired) electrons. The van der Waals surface area contributed by atoms with Gasteiger partial charge in [0.2, 0.25) is 0 Å². The molecular formula is C14H19NO. The molecule has 1 unspecified atom stereocenters. The van der Waals surface area contributed by atoms with Gasteiger partial charge in [0.25, 0.3) is 0 Å². The maximum Gasteiger partial charge on any atom is 0.124 e. The van der Waals surface area contributed by atoms with E-state index >= 15 is 0 Å². The van der Waals surface area contributed by atoms with Gasteiger partial charge in [0, 0.05) is 30.6 Å². The number of fused-ring (bicyclic) bond motifs is 1. The van der Waals surface area contributed by atoms with Crippen LogP contribution in [0.15, 0.2) is 18.2 Å². The van der Waals surface area contributed by atoms with Gasteiger partial charge in [0.1, 0.15) is 6.29 Å². The fourth-order valence-electron chi connectivity index (χ4n) is 2.57. The molecule has 0 saturated carbocycles. The fourth-order valence-corrected chi connectivity index (χ4v) is 2.57. The molecule has 0 amide bonds. The van der Waals surface area contributed by atoms with Crippen LogP contribution in [0.2, 0.25) is 0 Å². The molecule has 0 N–H and O–H groups in total. The van der Waals surface area contributed by atoms with E-state index in [0.29, 0.717) is 18.4 Å². The standard InChI is InChI=1S/C14H19NO/c1-10(2)15-9-11(3)13-6-4-5-12(7-8-16)14(13)15/h4-6,8,10-11H,7,9H2,1-3H3. The number of hydrogen-bond acceptors (Lipinski definition) is 2. The lowest BCUT2D eigenvalue weighted by atomic mass is 9.99. The molecular weight excluding hydrogens is 198 g/mol. The zero-order valence-electron chi connectivity index (χ0n) is 10.2. The summed E-state index contributed by atoms with van der Waals surface area (Å²) in [6.45, 7) is 7.74. The van der Waals surface area contributed by atoms with Gasteiger partial charge in [-0.3, -0.25) is 0 Å². The number of anilines is 1. The maximum atomic E-state index is 10.7. The first-order valence-electron chi connectivity index (χ1n) is 5.97. The van der Waals surface area contributed by atoms with E-state index in [2.05, 4.69) is 43.9 Å². The number of hydrogen-bond donors (Lipinski definition) is 0. The Kier molecular flexibility index (Phi) is 2.99. The van der Waals surface area contributed by atoms with Crippen LogP contribution in [-0.4, -0.2) is 18.9 Å². The van der Waals surface area contributed by atoms with Gasteiger partial charge >= 0.3 is 0 Å². The summed E-state index contributed by atoms with van der Waals surface area (Å²) in [5.74, 6) is 0.573. The van der Waals surface area contributed by atoms with Gasteiger partial charge in [-0.15, -0.1) is 0 Å². The van der Waals surface area contributed by atoms with Crippen molar-refractivity contribution >= 4 is 12.0 Å². The summed E-state index contributed by atoms with van der Waals surface area (Å²) in [5, 5.41) is 0. The molecule has 1 aromatic rings. The number of benzene rings is 1. The Morgan fingerprint density at radius 3 is 2.88 bits per heavy atom. The number of aldehydes is 1. The second-order valence-electron chi connectivity index (χ2n) is 4.87. The smallest absolute Gasteiger partial charge is 0.124 e. The molecule has 1 heterocycles. The van der Waals surface area contributed by atoms with Gasteiger partial charge in [-0.1, -0.05) is 25.1 Å². The molecule has 0 saturated heterocycles. The van der Waals surface area contributed by atoms with Crippen molar-refractivity contribution in [1.29, 1.82) is 0 Å². The monoisotopic (exact) mass is 217 g/mol. The molecule has 0 bridgehead atoms. The minimum Gasteiger partial charge on any atom is -0.368 e. The Morgan fingerprint density at radius 2 is 2.25 bits per heavy atom. The highest BCUT2D eigenvalue weighted by Gasteiger charge is 2.28. The predicted molar refractivity (Wildman–Crippen MR) is 67.1 cm³/mol. The molecule has 0 fully saturated rings. The van der Waals surface area contributed by atoms with E-state index in [1.807, 2.05) is 0 Å². The Balaban J connectivity index is 2.49. The van der Waals surface area contributed by atoms with Gasteiger partial charge in [-0.25, -0.2) is 0 Å². The van der Waals surface area contributed by atoms with Crippen LogP contribution in [0, 0.1) is 0 Å². The van der Waals surface area contributed by atoms with E-state index in [-0.39, 0.29) is 0 Å². The molecule has 0 aliphatic carbocycles. The number of para-hydroxylation sites is 1. The first kappa shape index (κ1) is 11.2. The van der Waals surface area contributed by atoms with Crippen LogP contribution in [0.25, 0.3) is 0 Å². The van der Waals surface area contributed by atoms with Crippen LogP contribution in [0.3, 0.4) is 0 Å². The van der Waals surface area contributed by atoms with E-state index in [0.717, 1.165) is 12.8 Å². The van der Waals surface area contributed by atoms with Crippen LogP contribution in [0.4, 0.5) is 5.69 Å². The van der Waals surface area contributed by atoms with Crippen molar-refractivity contribution in [3.05, 3.63) is 29.3 Å². The van der Waals surface area contributed by atoms with Crippen LogP contribution in [-0.2, 0) is 11.2 Å². The van der Waals surface area contributed by atoms with Crippen LogP contribution >= 0.6 is 0 Å². The quantitative estimate of drug-likeness (QED) is 0.726. The molecule has 1 aliphatic heterocycles. The molecule has 0 spiro atoms. The van der Waals surface area contributed by atoms with Crippen molar-refractivity contribution in [2.24, 2.45) is 0 Å². The van der Waals surface area contributed by atoms with Gasteiger partial charge in [0.05, 0.1) is 0 Å². The third-order valence-corrected chi connectivity index (χ3v) is 3.37. The van der Waals surface area contributed by atoms with Gasteiger partial charge in [0.15, 0.2) is 0 Å². The molecule has 2 heteroatoms. The third kappa shape index (κ3) is 1.73. The predicted octanol–water partition coefficient (Wildman–Crippen LogP) is 2.76. The molecule has 16 heavy (non-hydrogen) atoms. The molecule has 2 rings (SSSR count). The van der Waals surface area contributed by atoms with Crippen molar-refractivity contribution < 1.29 is 4.79 Å². The highest BCUT2D eigenvalue weighted by Crippen LogP contribution is 2.39. The molecule has 0 aromatic heterocycles. The summed E-state index contributed by atoms with van der Waals surface area (Å²) < 4.78 is 0. The van der Waals surface area contributed by atoms with Gasteiger partial charge in [-0.2, -0.15) is 0 Å². The minimum atomic E-state index is 0.497. The highest BCUT2D eigenvalue weighted by molar-refractivity contribution is 5.70. The van der Waals surface area contributed by atoms with Gasteiger partial charge < -0.3 is 9.69 Å². The molecule has 86 valence electrons. The molecule has 1 aliphatic rings. The number of nitrogens with zero attached hydrogens (tertiary/aromatic N) is 1. The summed E-state index contributed by atoms with van der Waals surface area (Å²) in [5.41, 5.74) is 3.87. The summed E-state index contributed by atoms with van der Waals surface area (Å²) in [7, 11) is 0. The Bertz CT molecular complexity index is 398. The molecule has 2 nitrogen and oxygen atoms in total. The summed E-state index contributed by atoms with van der Waals surface area (Å²) in [6, 6.07) is 6.83. The van der Waals surface area contributed by atoms with Gasteiger partial charge in [-0.05, 0) is 25.0 Å². The number of carbonyl (C=O) groups excluding carboxylic acids is 1. The summed E-state index contributed by atoms with van der Waals surface area (Å²) in [4.78, 5) is 13.1. The lowest BCUT2D eigenvalue weighted by Crippen LogP contribution is -2.29. The topological polar surface area (TPSA) is 20.3 Å². The van der Waals surface area contributed by atoms with Crippen molar-refractivity contribution in [3.63, 3.8) is 0 Å². The lowest BCUT2D eigenvalue weighted by Gasteiger charge is -2.26. The Hall–Kier alpha value is -1.31. The molecule has 1 atom stereocenters. The summed E-state index contributed by atoms with van der Waals surface area (Å²) >= 11 is 0. The Labute approximate surface area is 97.3 Å². The molecule has 1 aromatic carbocycles. The zero-order chi connectivity index (χ0) is 11.7. The highest BCUT2D eigenvalue weighted by atomic mass is 16.1. The van der Waals surface area contributed by atoms with Crippen molar-refractivity contribution in [2.75, 3.05) is 11.4 Å². The lowest BCUT2D eigenvalue weighted by molar-refractivity contribution is -0.107. The SMILES string of the molecule is CC1CN(C(C)C)c2c(CC=O)cccc21. The largest absolute Gasteiger partial charge is 0.368 e. The van der Waals surface area contributed by atoms with E-state index in [4.69, 9.17) is 0 Å². The third-order valence-electron chi connectivity index (χ3n) is 3.37. The van der Waals surface area contributed by atoms with Crippen molar-refractivity contribution in [3.8, 4) is 0 Å². The van der Waals surface area contributed by atoms with E-state index in [9.17, 15) is 4.79 Å². The average Bonchev–Trinajstić information content (AvgIpc) is 2.58. The first-order valence-corrected chi connectivity index (χ1v) is 5.97. The van der Waals surface area contributed by atoms with Crippen LogP contribution < -0.4 is 4.90 Å². The second kappa shape index (κ2) is 4.28. The normalized spacial score (nSPS) is 19.0. The zero-order valence-corrected chi connectivity index (χ0v) is 10.2.